The van der Waals surface area contributed by atoms with E-state index in [-0.39, 0.29) is 17.5 Å². The summed E-state index contributed by atoms with van der Waals surface area (Å²) in [4.78, 5) is 12.6. The van der Waals surface area contributed by atoms with Crippen molar-refractivity contribution in [2.75, 3.05) is 17.2 Å². The van der Waals surface area contributed by atoms with E-state index in [0.717, 1.165) is 0 Å². The van der Waals surface area contributed by atoms with Crippen molar-refractivity contribution in [3.05, 3.63) is 18.2 Å². The highest BCUT2D eigenvalue weighted by Crippen LogP contribution is 2.27. The summed E-state index contributed by atoms with van der Waals surface area (Å²) >= 11 is 0. The Bertz CT molecular complexity index is 584. The van der Waals surface area contributed by atoms with Gasteiger partial charge in [0.05, 0.1) is 22.8 Å². The van der Waals surface area contributed by atoms with Crippen molar-refractivity contribution < 1.29 is 13.2 Å². The number of anilines is 2. The summed E-state index contributed by atoms with van der Waals surface area (Å²) in [6, 6.07) is 4.02. The van der Waals surface area contributed by atoms with Gasteiger partial charge in [0.25, 0.3) is 0 Å². The van der Waals surface area contributed by atoms with Crippen LogP contribution in [0, 0.1) is 0 Å². The SMILES string of the molecule is CC(C)N(CC(N)=O)c1cc(S(N)(=O)=O)ccc1N. The number of nitrogens with zero attached hydrogens (tertiary/aromatic N) is 1. The number of nitrogens with two attached hydrogens (primary N) is 3. The number of carbonyl (C=O) groups is 1. The van der Waals surface area contributed by atoms with E-state index in [2.05, 4.69) is 0 Å². The van der Waals surface area contributed by atoms with Crippen molar-refractivity contribution in [3.63, 3.8) is 0 Å². The second kappa shape index (κ2) is 5.45. The van der Waals surface area contributed by atoms with Crippen molar-refractivity contribution in [1.29, 1.82) is 0 Å². The summed E-state index contributed by atoms with van der Waals surface area (Å²) in [5.41, 5.74) is 11.8. The number of nitrogen functional groups attached to an aromatic ring is 1. The molecule has 0 fully saturated rings. The summed E-state index contributed by atoms with van der Waals surface area (Å²) in [6.07, 6.45) is 0. The topological polar surface area (TPSA) is 133 Å². The van der Waals surface area contributed by atoms with Crippen LogP contribution in [0.4, 0.5) is 11.4 Å². The summed E-state index contributed by atoms with van der Waals surface area (Å²) < 4.78 is 22.7. The van der Waals surface area contributed by atoms with Gasteiger partial charge in [0.1, 0.15) is 0 Å². The van der Waals surface area contributed by atoms with Crippen LogP contribution >= 0.6 is 0 Å². The average molecular weight is 286 g/mol. The lowest BCUT2D eigenvalue weighted by Crippen LogP contribution is -2.39. The van der Waals surface area contributed by atoms with Crippen LogP contribution in [0.3, 0.4) is 0 Å². The first-order chi connectivity index (χ1) is 8.62. The number of rotatable bonds is 5. The third kappa shape index (κ3) is 3.83. The molecule has 0 bridgehead atoms. The first-order valence-corrected chi connectivity index (χ1v) is 7.15. The van der Waals surface area contributed by atoms with Gasteiger partial charge in [-0.15, -0.1) is 0 Å². The third-order valence-electron chi connectivity index (χ3n) is 2.59. The third-order valence-corrected chi connectivity index (χ3v) is 3.50. The van der Waals surface area contributed by atoms with Crippen molar-refractivity contribution >= 4 is 27.3 Å². The second-order valence-electron chi connectivity index (χ2n) is 4.45. The van der Waals surface area contributed by atoms with Crippen LogP contribution in [0.1, 0.15) is 13.8 Å². The number of carbonyl (C=O) groups excluding carboxylic acids is 1. The average Bonchev–Trinajstić information content (AvgIpc) is 2.24. The van der Waals surface area contributed by atoms with Gasteiger partial charge >= 0.3 is 0 Å². The summed E-state index contributed by atoms with van der Waals surface area (Å²) in [6.45, 7) is 3.62. The monoisotopic (exact) mass is 286 g/mol. The molecule has 0 radical (unpaired) electrons. The molecule has 0 unspecified atom stereocenters. The molecule has 0 heterocycles. The fourth-order valence-corrected chi connectivity index (χ4v) is 2.20. The Labute approximate surface area is 112 Å². The Morgan fingerprint density at radius 2 is 1.95 bits per heavy atom. The molecule has 1 aromatic carbocycles. The van der Waals surface area contributed by atoms with Crippen LogP contribution in [0.25, 0.3) is 0 Å². The first-order valence-electron chi connectivity index (χ1n) is 5.60. The van der Waals surface area contributed by atoms with Crippen LogP contribution in [0.5, 0.6) is 0 Å². The normalized spacial score (nSPS) is 11.6. The fourth-order valence-electron chi connectivity index (χ4n) is 1.66. The maximum atomic E-state index is 11.3. The molecule has 1 aromatic rings. The number of benzene rings is 1. The molecule has 0 aliphatic rings. The van der Waals surface area contributed by atoms with Crippen molar-refractivity contribution in [3.8, 4) is 0 Å². The molecule has 0 aliphatic carbocycles. The quantitative estimate of drug-likeness (QED) is 0.634. The summed E-state index contributed by atoms with van der Waals surface area (Å²) in [5.74, 6) is -0.533. The van der Waals surface area contributed by atoms with Gasteiger partial charge in [0, 0.05) is 6.04 Å². The number of hydrogen-bond acceptors (Lipinski definition) is 5. The maximum Gasteiger partial charge on any atom is 0.238 e. The Hall–Kier alpha value is -1.80. The minimum Gasteiger partial charge on any atom is -0.397 e. The molecule has 8 heteroatoms. The van der Waals surface area contributed by atoms with Gasteiger partial charge in [-0.25, -0.2) is 13.6 Å². The molecule has 0 saturated heterocycles. The van der Waals surface area contributed by atoms with Crippen molar-refractivity contribution in [2.45, 2.75) is 24.8 Å². The molecular weight excluding hydrogens is 268 g/mol. The zero-order valence-corrected chi connectivity index (χ0v) is 11.6. The van der Waals surface area contributed by atoms with Crippen LogP contribution < -0.4 is 21.5 Å². The Morgan fingerprint density at radius 3 is 2.37 bits per heavy atom. The van der Waals surface area contributed by atoms with E-state index in [1.54, 1.807) is 4.90 Å². The lowest BCUT2D eigenvalue weighted by atomic mass is 10.2. The molecule has 106 valence electrons. The first kappa shape index (κ1) is 15.3. The molecule has 0 aromatic heterocycles. The minimum absolute atomic E-state index is 0.0596. The van der Waals surface area contributed by atoms with Gasteiger partial charge in [0.15, 0.2) is 0 Å². The highest BCUT2D eigenvalue weighted by Gasteiger charge is 2.18. The van der Waals surface area contributed by atoms with E-state index in [1.807, 2.05) is 13.8 Å². The van der Waals surface area contributed by atoms with Crippen LogP contribution in [-0.4, -0.2) is 26.9 Å². The molecule has 1 amide bonds. The highest BCUT2D eigenvalue weighted by atomic mass is 32.2. The summed E-state index contributed by atoms with van der Waals surface area (Å²) in [7, 11) is -3.83. The maximum absolute atomic E-state index is 11.3. The number of sulfonamides is 1. The highest BCUT2D eigenvalue weighted by molar-refractivity contribution is 7.89. The van der Waals surface area contributed by atoms with E-state index in [0.29, 0.717) is 11.4 Å². The molecule has 0 atom stereocenters. The standard InChI is InChI=1S/C11H18N4O3S/c1-7(2)15(6-11(13)16)10-5-8(19(14,17)18)3-4-9(10)12/h3-5,7H,6,12H2,1-2H3,(H2,13,16)(H2,14,17,18). The molecule has 0 aliphatic heterocycles. The van der Waals surface area contributed by atoms with Crippen LogP contribution in [0.2, 0.25) is 0 Å². The number of primary amides is 1. The zero-order valence-electron chi connectivity index (χ0n) is 10.8. The number of amides is 1. The Kier molecular flexibility index (Phi) is 4.38. The lowest BCUT2D eigenvalue weighted by molar-refractivity contribution is -0.116. The molecule has 0 spiro atoms. The zero-order chi connectivity index (χ0) is 14.8. The molecule has 7 nitrogen and oxygen atoms in total. The van der Waals surface area contributed by atoms with Crippen LogP contribution in [0.15, 0.2) is 23.1 Å². The van der Waals surface area contributed by atoms with E-state index < -0.39 is 15.9 Å². The van der Waals surface area contributed by atoms with Gasteiger partial charge in [-0.2, -0.15) is 0 Å². The van der Waals surface area contributed by atoms with Gasteiger partial charge in [-0.1, -0.05) is 0 Å². The molecular formula is C11H18N4O3S. The van der Waals surface area contributed by atoms with Gasteiger partial charge < -0.3 is 16.4 Å². The van der Waals surface area contributed by atoms with Gasteiger partial charge in [0.2, 0.25) is 15.9 Å². The Balaban J connectivity index is 3.33. The second-order valence-corrected chi connectivity index (χ2v) is 6.02. The van der Waals surface area contributed by atoms with Crippen molar-refractivity contribution in [1.82, 2.24) is 0 Å². The predicted octanol–water partition coefficient (Wildman–Crippen LogP) is -0.384. The van der Waals surface area contributed by atoms with Gasteiger partial charge in [-0.05, 0) is 32.0 Å². The van der Waals surface area contributed by atoms with E-state index in [9.17, 15) is 13.2 Å². The smallest absolute Gasteiger partial charge is 0.238 e. The molecule has 1 rings (SSSR count). The van der Waals surface area contributed by atoms with Gasteiger partial charge in [-0.3, -0.25) is 4.79 Å². The van der Waals surface area contributed by atoms with Crippen LogP contribution in [-0.2, 0) is 14.8 Å². The number of primary sulfonamides is 1. The fraction of sp³-hybridized carbons (Fsp3) is 0.364. The lowest BCUT2D eigenvalue weighted by Gasteiger charge is -2.29. The molecule has 19 heavy (non-hydrogen) atoms. The van der Waals surface area contributed by atoms with Crippen molar-refractivity contribution in [2.24, 2.45) is 10.9 Å². The molecule has 6 N–H and O–H groups in total. The Morgan fingerprint density at radius 1 is 1.37 bits per heavy atom. The van der Waals surface area contributed by atoms with E-state index in [4.69, 9.17) is 16.6 Å². The minimum atomic E-state index is -3.83. The van der Waals surface area contributed by atoms with E-state index >= 15 is 0 Å². The number of hydrogen-bond donors (Lipinski definition) is 3. The summed E-state index contributed by atoms with van der Waals surface area (Å²) in [5, 5.41) is 5.07. The predicted molar refractivity (Wildman–Crippen MR) is 73.9 cm³/mol. The van der Waals surface area contributed by atoms with E-state index in [1.165, 1.54) is 18.2 Å². The molecule has 0 saturated carbocycles. The largest absolute Gasteiger partial charge is 0.397 e.